The van der Waals surface area contributed by atoms with Gasteiger partial charge in [-0.1, -0.05) is 19.1 Å². The van der Waals surface area contributed by atoms with E-state index in [1.165, 1.54) is 12.0 Å². The van der Waals surface area contributed by atoms with E-state index in [4.69, 9.17) is 4.74 Å². The van der Waals surface area contributed by atoms with Crippen LogP contribution in [0.25, 0.3) is 0 Å². The van der Waals surface area contributed by atoms with E-state index in [-0.39, 0.29) is 0 Å². The van der Waals surface area contributed by atoms with Crippen LogP contribution in [0.1, 0.15) is 31.9 Å². The smallest absolute Gasteiger partial charge is 0.119 e. The Bertz CT molecular complexity index is 324. The molecule has 1 N–H and O–H groups in total. The molecule has 0 radical (unpaired) electrons. The SMILES string of the molecule is CCOc1cccc([C@H]2C[C@@H](C)CN2)c1. The molecule has 2 rings (SSSR count). The van der Waals surface area contributed by atoms with Crippen molar-refractivity contribution in [3.05, 3.63) is 29.8 Å². The Balaban J connectivity index is 2.10. The molecule has 2 heteroatoms. The van der Waals surface area contributed by atoms with Crippen molar-refractivity contribution in [3.8, 4) is 5.75 Å². The molecule has 1 heterocycles. The molecule has 2 atom stereocenters. The van der Waals surface area contributed by atoms with E-state index in [2.05, 4.69) is 30.4 Å². The zero-order valence-corrected chi connectivity index (χ0v) is 9.49. The van der Waals surface area contributed by atoms with Gasteiger partial charge in [0.1, 0.15) is 5.75 Å². The van der Waals surface area contributed by atoms with E-state index >= 15 is 0 Å². The molecule has 1 fully saturated rings. The summed E-state index contributed by atoms with van der Waals surface area (Å²) in [6.45, 7) is 6.17. The Hall–Kier alpha value is -1.02. The molecule has 0 aliphatic carbocycles. The van der Waals surface area contributed by atoms with Crippen LogP contribution in [0.15, 0.2) is 24.3 Å². The van der Waals surface area contributed by atoms with Crippen LogP contribution in [0.3, 0.4) is 0 Å². The summed E-state index contributed by atoms with van der Waals surface area (Å²) in [5.41, 5.74) is 1.35. The zero-order valence-electron chi connectivity index (χ0n) is 9.49. The van der Waals surface area contributed by atoms with Gasteiger partial charge in [0.05, 0.1) is 6.61 Å². The third-order valence-electron chi connectivity index (χ3n) is 2.92. The molecule has 0 unspecified atom stereocenters. The lowest BCUT2D eigenvalue weighted by Crippen LogP contribution is -2.13. The molecule has 15 heavy (non-hydrogen) atoms. The summed E-state index contributed by atoms with van der Waals surface area (Å²) in [5.74, 6) is 1.77. The summed E-state index contributed by atoms with van der Waals surface area (Å²) in [6, 6.07) is 8.94. The summed E-state index contributed by atoms with van der Waals surface area (Å²) < 4.78 is 5.51. The number of rotatable bonds is 3. The maximum absolute atomic E-state index is 5.51. The quantitative estimate of drug-likeness (QED) is 0.819. The first kappa shape index (κ1) is 10.5. The molecule has 0 saturated carbocycles. The molecule has 0 aromatic heterocycles. The largest absolute Gasteiger partial charge is 0.494 e. The van der Waals surface area contributed by atoms with Gasteiger partial charge < -0.3 is 10.1 Å². The predicted molar refractivity (Wildman–Crippen MR) is 62.1 cm³/mol. The molecule has 1 aliphatic heterocycles. The van der Waals surface area contributed by atoms with Crippen molar-refractivity contribution in [1.82, 2.24) is 5.32 Å². The lowest BCUT2D eigenvalue weighted by Gasteiger charge is -2.12. The first-order valence-electron chi connectivity index (χ1n) is 5.75. The monoisotopic (exact) mass is 205 g/mol. The summed E-state index contributed by atoms with van der Waals surface area (Å²) in [7, 11) is 0. The predicted octanol–water partition coefficient (Wildman–Crippen LogP) is 2.76. The molecule has 1 saturated heterocycles. The highest BCUT2D eigenvalue weighted by atomic mass is 16.5. The molecule has 1 aromatic rings. The summed E-state index contributed by atoms with van der Waals surface area (Å²) >= 11 is 0. The molecule has 1 aliphatic rings. The summed E-state index contributed by atoms with van der Waals surface area (Å²) in [5, 5.41) is 3.54. The Morgan fingerprint density at radius 2 is 2.33 bits per heavy atom. The van der Waals surface area contributed by atoms with Gasteiger partial charge in [-0.15, -0.1) is 0 Å². The van der Waals surface area contributed by atoms with Crippen LogP contribution in [0.4, 0.5) is 0 Å². The van der Waals surface area contributed by atoms with E-state index in [0.717, 1.165) is 24.8 Å². The lowest BCUT2D eigenvalue weighted by atomic mass is 10.0. The van der Waals surface area contributed by atoms with E-state index in [9.17, 15) is 0 Å². The van der Waals surface area contributed by atoms with Gasteiger partial charge in [0.15, 0.2) is 0 Å². The number of nitrogens with one attached hydrogen (secondary N) is 1. The average Bonchev–Trinajstić information content (AvgIpc) is 2.66. The molecular weight excluding hydrogens is 186 g/mol. The normalized spacial score (nSPS) is 25.5. The number of ether oxygens (including phenoxy) is 1. The summed E-state index contributed by atoms with van der Waals surface area (Å²) in [4.78, 5) is 0. The van der Waals surface area contributed by atoms with Gasteiger partial charge in [0, 0.05) is 6.04 Å². The van der Waals surface area contributed by atoms with Crippen LogP contribution < -0.4 is 10.1 Å². The molecule has 0 bridgehead atoms. The first-order valence-corrected chi connectivity index (χ1v) is 5.75. The minimum atomic E-state index is 0.514. The van der Waals surface area contributed by atoms with Gasteiger partial charge in [0.25, 0.3) is 0 Å². The maximum atomic E-state index is 5.51. The second kappa shape index (κ2) is 4.67. The molecule has 0 spiro atoms. The highest BCUT2D eigenvalue weighted by Gasteiger charge is 2.21. The average molecular weight is 205 g/mol. The second-order valence-electron chi connectivity index (χ2n) is 4.31. The molecule has 82 valence electrons. The highest BCUT2D eigenvalue weighted by Crippen LogP contribution is 2.28. The van der Waals surface area contributed by atoms with Crippen LogP contribution in [0, 0.1) is 5.92 Å². The van der Waals surface area contributed by atoms with E-state index in [0.29, 0.717) is 6.04 Å². The minimum Gasteiger partial charge on any atom is -0.494 e. The third kappa shape index (κ3) is 2.51. The van der Waals surface area contributed by atoms with Crippen molar-refractivity contribution in [3.63, 3.8) is 0 Å². The van der Waals surface area contributed by atoms with E-state index < -0.39 is 0 Å². The van der Waals surface area contributed by atoms with Crippen molar-refractivity contribution in [2.45, 2.75) is 26.3 Å². The molecule has 2 nitrogen and oxygen atoms in total. The summed E-state index contributed by atoms with van der Waals surface area (Å²) in [6.07, 6.45) is 1.23. The first-order chi connectivity index (χ1) is 7.29. The second-order valence-corrected chi connectivity index (χ2v) is 4.31. The standard InChI is InChI=1S/C13H19NO/c1-3-15-12-6-4-5-11(8-12)13-7-10(2)9-14-13/h4-6,8,10,13-14H,3,7,9H2,1-2H3/t10-,13-/m1/s1. The Labute approximate surface area is 91.6 Å². The Kier molecular flexibility index (Phi) is 3.27. The van der Waals surface area contributed by atoms with E-state index in [1.807, 2.05) is 13.0 Å². The molecular formula is C13H19NO. The van der Waals surface area contributed by atoms with Gasteiger partial charge in [-0.05, 0) is 43.5 Å². The van der Waals surface area contributed by atoms with Crippen molar-refractivity contribution in [2.24, 2.45) is 5.92 Å². The Morgan fingerprint density at radius 1 is 1.47 bits per heavy atom. The number of hydrogen-bond donors (Lipinski definition) is 1. The molecule has 0 amide bonds. The zero-order chi connectivity index (χ0) is 10.7. The van der Waals surface area contributed by atoms with Crippen LogP contribution in [0.5, 0.6) is 5.75 Å². The highest BCUT2D eigenvalue weighted by molar-refractivity contribution is 5.31. The van der Waals surface area contributed by atoms with Crippen LogP contribution in [0.2, 0.25) is 0 Å². The lowest BCUT2D eigenvalue weighted by molar-refractivity contribution is 0.339. The van der Waals surface area contributed by atoms with Crippen molar-refractivity contribution < 1.29 is 4.74 Å². The fourth-order valence-electron chi connectivity index (χ4n) is 2.15. The molecule has 1 aromatic carbocycles. The van der Waals surface area contributed by atoms with Crippen LogP contribution in [-0.4, -0.2) is 13.2 Å². The fraction of sp³-hybridized carbons (Fsp3) is 0.538. The maximum Gasteiger partial charge on any atom is 0.119 e. The fourth-order valence-corrected chi connectivity index (χ4v) is 2.15. The van der Waals surface area contributed by atoms with Gasteiger partial charge in [-0.2, -0.15) is 0 Å². The number of hydrogen-bond acceptors (Lipinski definition) is 2. The van der Waals surface area contributed by atoms with E-state index in [1.54, 1.807) is 0 Å². The number of benzene rings is 1. The van der Waals surface area contributed by atoms with Crippen molar-refractivity contribution in [2.75, 3.05) is 13.2 Å². The minimum absolute atomic E-state index is 0.514. The van der Waals surface area contributed by atoms with Gasteiger partial charge >= 0.3 is 0 Å². The van der Waals surface area contributed by atoms with Gasteiger partial charge in [-0.3, -0.25) is 0 Å². The van der Waals surface area contributed by atoms with Crippen molar-refractivity contribution >= 4 is 0 Å². The topological polar surface area (TPSA) is 21.3 Å². The van der Waals surface area contributed by atoms with Crippen LogP contribution >= 0.6 is 0 Å². The third-order valence-corrected chi connectivity index (χ3v) is 2.92. The van der Waals surface area contributed by atoms with Gasteiger partial charge in [0.2, 0.25) is 0 Å². The van der Waals surface area contributed by atoms with Gasteiger partial charge in [-0.25, -0.2) is 0 Å². The van der Waals surface area contributed by atoms with Crippen LogP contribution in [-0.2, 0) is 0 Å². The van der Waals surface area contributed by atoms with Crippen molar-refractivity contribution in [1.29, 1.82) is 0 Å². The Morgan fingerprint density at radius 3 is 3.00 bits per heavy atom.